The number of benzene rings is 2. The molecule has 3 nitrogen and oxygen atoms in total. The van der Waals surface area contributed by atoms with E-state index in [4.69, 9.17) is 4.74 Å². The highest BCUT2D eigenvalue weighted by molar-refractivity contribution is 14.1. The standard InChI is InChI=1S/C18H10I2O3/c19-13-5-1-3-11(7-13)9-15-16(18(22)23-17(15)21)10-12-4-2-6-14(20)8-12/h1-10H. The zero-order chi connectivity index (χ0) is 16.4. The lowest BCUT2D eigenvalue weighted by Gasteiger charge is -1.99. The van der Waals surface area contributed by atoms with Gasteiger partial charge in [0.05, 0.1) is 11.1 Å². The average molecular weight is 528 g/mol. The summed E-state index contributed by atoms with van der Waals surface area (Å²) in [4.78, 5) is 24.0. The molecule has 23 heavy (non-hydrogen) atoms. The maximum absolute atomic E-state index is 12.0. The van der Waals surface area contributed by atoms with Crippen LogP contribution in [0, 0.1) is 7.14 Å². The molecule has 1 saturated heterocycles. The van der Waals surface area contributed by atoms with Crippen molar-refractivity contribution in [3.8, 4) is 0 Å². The molecule has 0 radical (unpaired) electrons. The molecule has 1 aliphatic heterocycles. The largest absolute Gasteiger partial charge is 0.386 e. The number of halogens is 2. The van der Waals surface area contributed by atoms with Gasteiger partial charge in [0.1, 0.15) is 0 Å². The summed E-state index contributed by atoms with van der Waals surface area (Å²) in [5.74, 6) is -1.21. The van der Waals surface area contributed by atoms with Crippen molar-refractivity contribution in [3.05, 3.63) is 77.9 Å². The van der Waals surface area contributed by atoms with E-state index in [9.17, 15) is 9.59 Å². The van der Waals surface area contributed by atoms with Crippen molar-refractivity contribution in [2.24, 2.45) is 0 Å². The Bertz CT molecular complexity index is 795. The van der Waals surface area contributed by atoms with E-state index in [-0.39, 0.29) is 11.1 Å². The Labute approximate surface area is 160 Å². The second kappa shape index (κ2) is 6.96. The van der Waals surface area contributed by atoms with Crippen LogP contribution in [0.4, 0.5) is 0 Å². The molecule has 0 bridgehead atoms. The first-order valence-corrected chi connectivity index (χ1v) is 8.90. The van der Waals surface area contributed by atoms with Gasteiger partial charge in [0.15, 0.2) is 0 Å². The van der Waals surface area contributed by atoms with Crippen LogP contribution >= 0.6 is 45.2 Å². The monoisotopic (exact) mass is 528 g/mol. The van der Waals surface area contributed by atoms with Gasteiger partial charge >= 0.3 is 11.9 Å². The lowest BCUT2D eigenvalue weighted by Crippen LogP contribution is -1.97. The first-order valence-electron chi connectivity index (χ1n) is 6.74. The molecule has 1 aliphatic rings. The summed E-state index contributed by atoms with van der Waals surface area (Å²) in [6.45, 7) is 0. The van der Waals surface area contributed by atoms with E-state index in [0.717, 1.165) is 18.3 Å². The minimum atomic E-state index is -0.606. The van der Waals surface area contributed by atoms with Crippen LogP contribution in [-0.2, 0) is 14.3 Å². The van der Waals surface area contributed by atoms with Crippen molar-refractivity contribution in [1.82, 2.24) is 0 Å². The number of carbonyl (C=O) groups excluding carboxylic acids is 2. The molecule has 0 spiro atoms. The average Bonchev–Trinajstić information content (AvgIpc) is 2.74. The number of hydrogen-bond acceptors (Lipinski definition) is 3. The minimum Gasteiger partial charge on any atom is -0.386 e. The highest BCUT2D eigenvalue weighted by atomic mass is 127. The predicted molar refractivity (Wildman–Crippen MR) is 105 cm³/mol. The number of rotatable bonds is 2. The third-order valence-corrected chi connectivity index (χ3v) is 4.58. The summed E-state index contributed by atoms with van der Waals surface area (Å²) in [7, 11) is 0. The van der Waals surface area contributed by atoms with Gasteiger partial charge in [-0.2, -0.15) is 0 Å². The first kappa shape index (κ1) is 16.4. The minimum absolute atomic E-state index is 0.288. The van der Waals surface area contributed by atoms with Gasteiger partial charge in [-0.1, -0.05) is 24.3 Å². The van der Waals surface area contributed by atoms with Crippen molar-refractivity contribution in [2.45, 2.75) is 0 Å². The number of ether oxygens (including phenoxy) is 1. The van der Waals surface area contributed by atoms with E-state index < -0.39 is 11.9 Å². The van der Waals surface area contributed by atoms with E-state index in [1.807, 2.05) is 48.5 Å². The topological polar surface area (TPSA) is 43.4 Å². The molecule has 1 fully saturated rings. The fourth-order valence-electron chi connectivity index (χ4n) is 2.21. The molecule has 0 atom stereocenters. The molecule has 0 amide bonds. The first-order chi connectivity index (χ1) is 11.0. The molecule has 0 saturated carbocycles. The second-order valence-corrected chi connectivity index (χ2v) is 7.39. The Morgan fingerprint density at radius 3 is 1.57 bits per heavy atom. The summed E-state index contributed by atoms with van der Waals surface area (Å²) in [5.41, 5.74) is 2.28. The second-order valence-electron chi connectivity index (χ2n) is 4.90. The van der Waals surface area contributed by atoms with E-state index >= 15 is 0 Å². The van der Waals surface area contributed by atoms with Crippen molar-refractivity contribution in [1.29, 1.82) is 0 Å². The van der Waals surface area contributed by atoms with Crippen molar-refractivity contribution in [2.75, 3.05) is 0 Å². The molecule has 0 N–H and O–H groups in total. The highest BCUT2D eigenvalue weighted by Crippen LogP contribution is 2.27. The maximum atomic E-state index is 12.0. The molecule has 1 heterocycles. The van der Waals surface area contributed by atoms with Gasteiger partial charge < -0.3 is 4.74 Å². The molecule has 2 aromatic rings. The van der Waals surface area contributed by atoms with E-state index in [2.05, 4.69) is 45.2 Å². The summed E-state index contributed by atoms with van der Waals surface area (Å²) < 4.78 is 6.88. The van der Waals surface area contributed by atoms with Gasteiger partial charge in [0, 0.05) is 7.14 Å². The quantitative estimate of drug-likeness (QED) is 0.251. The van der Waals surface area contributed by atoms with Gasteiger partial charge in [-0.3, -0.25) is 0 Å². The summed E-state index contributed by atoms with van der Waals surface area (Å²) in [6.07, 6.45) is 3.38. The zero-order valence-corrected chi connectivity index (χ0v) is 16.1. The summed E-state index contributed by atoms with van der Waals surface area (Å²) in [5, 5.41) is 0. The normalized spacial score (nSPS) is 17.8. The Morgan fingerprint density at radius 2 is 1.17 bits per heavy atom. The van der Waals surface area contributed by atoms with Gasteiger partial charge in [0.2, 0.25) is 0 Å². The fourth-order valence-corrected chi connectivity index (χ4v) is 3.35. The predicted octanol–water partition coefficient (Wildman–Crippen LogP) is 4.45. The van der Waals surface area contributed by atoms with E-state index in [0.29, 0.717) is 0 Å². The van der Waals surface area contributed by atoms with Gasteiger partial charge in [-0.05, 0) is 92.7 Å². The Balaban J connectivity index is 2.06. The lowest BCUT2D eigenvalue weighted by molar-refractivity contribution is -0.149. The summed E-state index contributed by atoms with van der Waals surface area (Å²) in [6, 6.07) is 15.4. The van der Waals surface area contributed by atoms with Crippen LogP contribution in [0.1, 0.15) is 11.1 Å². The zero-order valence-electron chi connectivity index (χ0n) is 11.8. The third-order valence-electron chi connectivity index (χ3n) is 3.23. The molecule has 0 aliphatic carbocycles. The van der Waals surface area contributed by atoms with Crippen LogP contribution in [0.2, 0.25) is 0 Å². The molecule has 0 aromatic heterocycles. The number of hydrogen-bond donors (Lipinski definition) is 0. The highest BCUT2D eigenvalue weighted by Gasteiger charge is 2.33. The summed E-state index contributed by atoms with van der Waals surface area (Å²) >= 11 is 4.40. The van der Waals surface area contributed by atoms with Gasteiger partial charge in [-0.15, -0.1) is 0 Å². The van der Waals surface area contributed by atoms with Gasteiger partial charge in [-0.25, -0.2) is 9.59 Å². The lowest BCUT2D eigenvalue weighted by atomic mass is 10.0. The maximum Gasteiger partial charge on any atom is 0.346 e. The van der Waals surface area contributed by atoms with Crippen LogP contribution in [0.3, 0.4) is 0 Å². The number of carbonyl (C=O) groups is 2. The Hall–Kier alpha value is -1.48. The molecular formula is C18H10I2O3. The molecule has 0 unspecified atom stereocenters. The molecule has 114 valence electrons. The Morgan fingerprint density at radius 1 is 0.739 bits per heavy atom. The Kier molecular flexibility index (Phi) is 4.96. The van der Waals surface area contributed by atoms with Crippen LogP contribution in [0.25, 0.3) is 12.2 Å². The number of esters is 2. The smallest absolute Gasteiger partial charge is 0.346 e. The van der Waals surface area contributed by atoms with Crippen molar-refractivity contribution in [3.63, 3.8) is 0 Å². The fraction of sp³-hybridized carbons (Fsp3) is 0. The third kappa shape index (κ3) is 3.89. The molecule has 5 heteroatoms. The van der Waals surface area contributed by atoms with Crippen LogP contribution in [-0.4, -0.2) is 11.9 Å². The van der Waals surface area contributed by atoms with Gasteiger partial charge in [0.25, 0.3) is 0 Å². The van der Waals surface area contributed by atoms with Crippen LogP contribution < -0.4 is 0 Å². The molecule has 3 rings (SSSR count). The van der Waals surface area contributed by atoms with E-state index in [1.54, 1.807) is 12.2 Å². The van der Waals surface area contributed by atoms with Crippen LogP contribution in [0.5, 0.6) is 0 Å². The van der Waals surface area contributed by atoms with E-state index in [1.165, 1.54) is 0 Å². The number of cyclic esters (lactones) is 2. The SMILES string of the molecule is O=C1OC(=O)C(=Cc2cccc(I)c2)C1=Cc1cccc(I)c1. The van der Waals surface area contributed by atoms with Crippen molar-refractivity contribution < 1.29 is 14.3 Å². The van der Waals surface area contributed by atoms with Crippen LogP contribution in [0.15, 0.2) is 59.7 Å². The molecular weight excluding hydrogens is 518 g/mol. The molecule has 2 aromatic carbocycles. The van der Waals surface area contributed by atoms with Crippen molar-refractivity contribution >= 4 is 69.3 Å².